The molecule has 8 heteroatoms. The van der Waals surface area contributed by atoms with Gasteiger partial charge in [0, 0.05) is 21.9 Å². The topological polar surface area (TPSA) is 0 Å². The Morgan fingerprint density at radius 1 is 0.875 bits per heavy atom. The van der Waals surface area contributed by atoms with Gasteiger partial charge in [0.25, 0.3) is 6.13 Å². The first-order valence-electron chi connectivity index (χ1n) is 10.00. The second-order valence-electron chi connectivity index (χ2n) is 7.30. The third kappa shape index (κ3) is 5.67. The fourth-order valence-electron chi connectivity index (χ4n) is 3.51. The molecule has 170 valence electrons. The van der Waals surface area contributed by atoms with E-state index in [1.807, 2.05) is 0 Å². The van der Waals surface area contributed by atoms with E-state index in [0.717, 1.165) is 23.8 Å². The molecule has 0 N–H and O–H groups in total. The Labute approximate surface area is 203 Å². The molecule has 0 spiro atoms. The van der Waals surface area contributed by atoms with Crippen LogP contribution < -0.4 is 5.46 Å². The van der Waals surface area contributed by atoms with Crippen LogP contribution in [0.2, 0.25) is 6.82 Å². The Hall–Kier alpha value is -1.57. The van der Waals surface area contributed by atoms with Crippen molar-refractivity contribution < 1.29 is 17.6 Å². The van der Waals surface area contributed by atoms with Crippen molar-refractivity contribution in [3.63, 3.8) is 0 Å². The highest BCUT2D eigenvalue weighted by Gasteiger charge is 2.24. The molecule has 0 aliphatic carbocycles. The molecule has 0 aliphatic rings. The van der Waals surface area contributed by atoms with E-state index in [1.54, 1.807) is 45.1 Å². The minimum absolute atomic E-state index is 0.00895. The van der Waals surface area contributed by atoms with Crippen molar-refractivity contribution >= 4 is 48.3 Å². The van der Waals surface area contributed by atoms with Crippen LogP contribution in [0, 0.1) is 30.2 Å². The number of rotatable bonds is 5. The highest BCUT2D eigenvalue weighted by Crippen LogP contribution is 2.34. The van der Waals surface area contributed by atoms with Gasteiger partial charge in [-0.25, -0.2) is 17.6 Å². The van der Waals surface area contributed by atoms with Crippen LogP contribution >= 0.6 is 36.7 Å². The molecule has 0 amide bonds. The van der Waals surface area contributed by atoms with Crippen LogP contribution in [0.3, 0.4) is 0 Å². The van der Waals surface area contributed by atoms with E-state index in [4.69, 9.17) is 11.5 Å². The molecule has 0 fully saturated rings. The first-order chi connectivity index (χ1) is 15.1. The second kappa shape index (κ2) is 11.5. The minimum Gasteiger partial charge on any atom is -0.207 e. The van der Waals surface area contributed by atoms with E-state index in [1.165, 1.54) is 6.07 Å². The molecule has 0 bridgehead atoms. The van der Waals surface area contributed by atoms with Gasteiger partial charge in [0.2, 0.25) is 0 Å². The normalized spacial score (nSPS) is 11.6. The third-order valence-electron chi connectivity index (χ3n) is 5.07. The van der Waals surface area contributed by atoms with E-state index in [0.29, 0.717) is 17.4 Å². The van der Waals surface area contributed by atoms with Gasteiger partial charge in [-0.05, 0) is 60.6 Å². The Morgan fingerprint density at radius 2 is 1.44 bits per heavy atom. The fraction of sp³-hybridized carbons (Fsp3) is 0.250. The van der Waals surface area contributed by atoms with E-state index in [2.05, 4.69) is 25.3 Å². The van der Waals surface area contributed by atoms with E-state index < -0.39 is 34.6 Å². The minimum atomic E-state index is -0.798. The summed E-state index contributed by atoms with van der Waals surface area (Å²) >= 11 is 14.0. The molecule has 32 heavy (non-hydrogen) atoms. The second-order valence-corrected chi connectivity index (χ2v) is 8.58. The molecule has 1 atom stereocenters. The molecule has 3 rings (SSSR count). The summed E-state index contributed by atoms with van der Waals surface area (Å²) < 4.78 is 58.9. The average molecular weight is 499 g/mol. The number of aryl methyl sites for hydroxylation is 1. The van der Waals surface area contributed by atoms with E-state index in [9.17, 15) is 13.2 Å². The molecule has 0 radical (unpaired) electrons. The van der Waals surface area contributed by atoms with Crippen molar-refractivity contribution in [2.24, 2.45) is 0 Å². The molecular formula is C24H24BClF4S2. The van der Waals surface area contributed by atoms with Crippen molar-refractivity contribution in [3.05, 3.63) is 76.9 Å². The van der Waals surface area contributed by atoms with Crippen LogP contribution in [-0.2, 0) is 0 Å². The number of hydrogen-bond acceptors (Lipinski definition) is 2. The van der Waals surface area contributed by atoms with Crippen molar-refractivity contribution in [3.8, 4) is 22.3 Å². The molecule has 3 aromatic carbocycles. The van der Waals surface area contributed by atoms with Gasteiger partial charge in [0.15, 0.2) is 0 Å². The molecular weight excluding hydrogens is 475 g/mol. The molecule has 0 nitrogen and oxygen atoms in total. The SMILES string of the molecule is CCC(S)c1c(F)cc(-c2c(F)cc(-c3ccc(C)cc3F)cc2B(C)Cl)cc1F.CS. The van der Waals surface area contributed by atoms with Crippen LogP contribution in [0.25, 0.3) is 22.3 Å². The standard InChI is InChI=1S/C23H20BClF4S.CH4S/c1-4-21(30)23-19(28)10-14(11-20(23)29)22-16(24(3)25)8-13(9-18(22)27)15-6-5-12(2)7-17(15)26;1-2/h5-11,21,30H,4H2,1-3H3;2H,1H3. The maximum atomic E-state index is 15.2. The van der Waals surface area contributed by atoms with Gasteiger partial charge < -0.3 is 0 Å². The Kier molecular flexibility index (Phi) is 9.61. The quantitative estimate of drug-likeness (QED) is 0.199. The zero-order chi connectivity index (χ0) is 24.2. The predicted molar refractivity (Wildman–Crippen MR) is 136 cm³/mol. The lowest BCUT2D eigenvalue weighted by molar-refractivity contribution is 0.551. The zero-order valence-electron chi connectivity index (χ0n) is 18.2. The molecule has 1 unspecified atom stereocenters. The van der Waals surface area contributed by atoms with E-state index >= 15 is 4.39 Å². The number of benzene rings is 3. The summed E-state index contributed by atoms with van der Waals surface area (Å²) in [6.07, 6.45) is 1.45. The largest absolute Gasteiger partial charge is 0.280 e. The summed E-state index contributed by atoms with van der Waals surface area (Å²) in [5.74, 6) is -2.82. The van der Waals surface area contributed by atoms with E-state index in [-0.39, 0.29) is 22.3 Å². The first kappa shape index (κ1) is 26.7. The summed E-state index contributed by atoms with van der Waals surface area (Å²) in [6, 6.07) is 9.53. The molecule has 0 heterocycles. The van der Waals surface area contributed by atoms with Crippen LogP contribution in [0.15, 0.2) is 42.5 Å². The number of halogens is 5. The lowest BCUT2D eigenvalue weighted by Crippen LogP contribution is -2.24. The molecule has 0 aromatic heterocycles. The van der Waals surface area contributed by atoms with Crippen LogP contribution in [0.4, 0.5) is 17.6 Å². The van der Waals surface area contributed by atoms with Gasteiger partial charge in [-0.15, -0.1) is 0 Å². The van der Waals surface area contributed by atoms with Gasteiger partial charge in [-0.1, -0.05) is 37.4 Å². The fourth-order valence-corrected chi connectivity index (χ4v) is 3.93. The van der Waals surface area contributed by atoms with Crippen molar-refractivity contribution in [2.75, 3.05) is 6.26 Å². The summed E-state index contributed by atoms with van der Waals surface area (Å²) in [5, 5.41) is -0.609. The lowest BCUT2D eigenvalue weighted by Gasteiger charge is -2.17. The summed E-state index contributed by atoms with van der Waals surface area (Å²) in [6.45, 7) is 5.14. The zero-order valence-corrected chi connectivity index (χ0v) is 20.7. The highest BCUT2D eigenvalue weighted by atomic mass is 35.5. The van der Waals surface area contributed by atoms with Gasteiger partial charge in [-0.3, -0.25) is 0 Å². The monoisotopic (exact) mass is 498 g/mol. The third-order valence-corrected chi connectivity index (χ3v) is 5.93. The Morgan fingerprint density at radius 3 is 1.94 bits per heavy atom. The molecule has 0 saturated carbocycles. The van der Waals surface area contributed by atoms with Crippen molar-refractivity contribution in [1.82, 2.24) is 0 Å². The number of hydrogen-bond donors (Lipinski definition) is 2. The molecule has 0 aliphatic heterocycles. The van der Waals surface area contributed by atoms with Crippen LogP contribution in [0.5, 0.6) is 0 Å². The highest BCUT2D eigenvalue weighted by molar-refractivity contribution is 7.80. The maximum absolute atomic E-state index is 15.2. The summed E-state index contributed by atoms with van der Waals surface area (Å²) in [5.41, 5.74) is 1.44. The smallest absolute Gasteiger partial charge is 0.207 e. The Bertz CT molecular complexity index is 1080. The predicted octanol–water partition coefficient (Wildman–Crippen LogP) is 7.88. The Balaban J connectivity index is 0.00000176. The number of thiol groups is 2. The first-order valence-corrected chi connectivity index (χ1v) is 11.8. The summed E-state index contributed by atoms with van der Waals surface area (Å²) in [4.78, 5) is 0. The van der Waals surface area contributed by atoms with Gasteiger partial charge in [-0.2, -0.15) is 36.7 Å². The summed E-state index contributed by atoms with van der Waals surface area (Å²) in [7, 11) is 0. The molecule has 0 saturated heterocycles. The maximum Gasteiger partial charge on any atom is 0.280 e. The lowest BCUT2D eigenvalue weighted by atomic mass is 9.67. The van der Waals surface area contributed by atoms with Crippen molar-refractivity contribution in [1.29, 1.82) is 0 Å². The van der Waals surface area contributed by atoms with Gasteiger partial charge in [0.05, 0.1) is 0 Å². The van der Waals surface area contributed by atoms with Crippen LogP contribution in [-0.4, -0.2) is 12.4 Å². The van der Waals surface area contributed by atoms with Crippen LogP contribution in [0.1, 0.15) is 29.7 Å². The molecule has 3 aromatic rings. The van der Waals surface area contributed by atoms with Crippen molar-refractivity contribution in [2.45, 2.75) is 32.3 Å². The van der Waals surface area contributed by atoms with Gasteiger partial charge >= 0.3 is 0 Å². The average Bonchev–Trinajstić information content (AvgIpc) is 2.73. The van der Waals surface area contributed by atoms with Gasteiger partial charge in [0.1, 0.15) is 23.3 Å².